The number of benzene rings is 1. The molecule has 0 radical (unpaired) electrons. The van der Waals surface area contributed by atoms with E-state index in [-0.39, 0.29) is 6.03 Å². The van der Waals surface area contributed by atoms with E-state index < -0.39 is 0 Å². The van der Waals surface area contributed by atoms with Crippen molar-refractivity contribution in [1.29, 1.82) is 0 Å². The fourth-order valence-corrected chi connectivity index (χ4v) is 4.18. The summed E-state index contributed by atoms with van der Waals surface area (Å²) in [6, 6.07) is 10.6. The molecule has 2 amide bonds. The monoisotopic (exact) mass is 394 g/mol. The van der Waals surface area contributed by atoms with Crippen LogP contribution < -0.4 is 15.1 Å². The molecular formula is C22H30N6O. The van der Waals surface area contributed by atoms with Crippen molar-refractivity contribution in [3.8, 4) is 0 Å². The molecule has 0 saturated carbocycles. The zero-order valence-corrected chi connectivity index (χ0v) is 17.3. The Morgan fingerprint density at radius 2 is 1.79 bits per heavy atom. The van der Waals surface area contributed by atoms with Gasteiger partial charge in [-0.1, -0.05) is 18.2 Å². The molecule has 1 aromatic carbocycles. The van der Waals surface area contributed by atoms with Crippen LogP contribution in [0.5, 0.6) is 0 Å². The maximum absolute atomic E-state index is 12.6. The van der Waals surface area contributed by atoms with Crippen molar-refractivity contribution in [3.63, 3.8) is 0 Å². The molecule has 0 spiro atoms. The van der Waals surface area contributed by atoms with Crippen molar-refractivity contribution in [1.82, 2.24) is 20.2 Å². The summed E-state index contributed by atoms with van der Waals surface area (Å²) >= 11 is 0. The minimum atomic E-state index is 0.0541. The van der Waals surface area contributed by atoms with Gasteiger partial charge in [0.25, 0.3) is 0 Å². The number of amides is 2. The molecule has 1 aromatic heterocycles. The van der Waals surface area contributed by atoms with Gasteiger partial charge in [-0.15, -0.1) is 0 Å². The van der Waals surface area contributed by atoms with E-state index in [0.717, 1.165) is 69.3 Å². The summed E-state index contributed by atoms with van der Waals surface area (Å²) < 4.78 is 0. The van der Waals surface area contributed by atoms with E-state index in [9.17, 15) is 4.79 Å². The highest BCUT2D eigenvalue weighted by Crippen LogP contribution is 2.23. The lowest BCUT2D eigenvalue weighted by molar-refractivity contribution is 0.192. The van der Waals surface area contributed by atoms with Crippen molar-refractivity contribution in [3.05, 3.63) is 47.9 Å². The molecule has 2 aliphatic heterocycles. The molecule has 0 bridgehead atoms. The molecule has 29 heavy (non-hydrogen) atoms. The number of carbonyl (C=O) groups is 1. The van der Waals surface area contributed by atoms with Gasteiger partial charge in [0.2, 0.25) is 0 Å². The van der Waals surface area contributed by atoms with Gasteiger partial charge < -0.3 is 20.0 Å². The zero-order valence-electron chi connectivity index (χ0n) is 17.3. The van der Waals surface area contributed by atoms with Gasteiger partial charge in [0.05, 0.1) is 0 Å². The van der Waals surface area contributed by atoms with Gasteiger partial charge in [0.15, 0.2) is 0 Å². The van der Waals surface area contributed by atoms with Crippen LogP contribution in [0, 0.1) is 19.8 Å². The van der Waals surface area contributed by atoms with E-state index in [4.69, 9.17) is 0 Å². The molecule has 154 valence electrons. The van der Waals surface area contributed by atoms with Crippen molar-refractivity contribution < 1.29 is 4.79 Å². The van der Waals surface area contributed by atoms with E-state index in [1.807, 2.05) is 17.9 Å². The predicted molar refractivity (Wildman–Crippen MR) is 115 cm³/mol. The highest BCUT2D eigenvalue weighted by Gasteiger charge is 2.26. The van der Waals surface area contributed by atoms with Crippen LogP contribution in [0.15, 0.2) is 36.7 Å². The molecular weight excluding hydrogens is 364 g/mol. The molecule has 0 unspecified atom stereocenters. The van der Waals surface area contributed by atoms with Crippen molar-refractivity contribution >= 4 is 17.5 Å². The molecule has 2 aliphatic rings. The Hall–Kier alpha value is -2.83. The van der Waals surface area contributed by atoms with Crippen LogP contribution in [0.2, 0.25) is 0 Å². The SMILES string of the molecule is Cc1ncnc(N2CCN(C(=O)NC[C@@H]3CCN(c4ccccc4)C3)CC2)c1C. The van der Waals surface area contributed by atoms with Crippen molar-refractivity contribution in [2.24, 2.45) is 5.92 Å². The first kappa shape index (κ1) is 19.5. The number of hydrogen-bond acceptors (Lipinski definition) is 5. The van der Waals surface area contributed by atoms with Gasteiger partial charge in [-0.3, -0.25) is 0 Å². The number of piperazine rings is 1. The van der Waals surface area contributed by atoms with Crippen LogP contribution in [0.3, 0.4) is 0 Å². The largest absolute Gasteiger partial charge is 0.371 e. The van der Waals surface area contributed by atoms with Gasteiger partial charge in [-0.2, -0.15) is 0 Å². The number of rotatable bonds is 4. The molecule has 4 rings (SSSR count). The van der Waals surface area contributed by atoms with Gasteiger partial charge in [-0.05, 0) is 38.3 Å². The van der Waals surface area contributed by atoms with Gasteiger partial charge in [0, 0.05) is 62.8 Å². The number of para-hydroxylation sites is 1. The molecule has 1 N–H and O–H groups in total. The number of aryl methyl sites for hydroxylation is 1. The third-order valence-corrected chi connectivity index (χ3v) is 6.13. The molecule has 1 atom stereocenters. The summed E-state index contributed by atoms with van der Waals surface area (Å²) in [6.45, 7) is 9.91. The van der Waals surface area contributed by atoms with Crippen molar-refractivity contribution in [2.45, 2.75) is 20.3 Å². The average molecular weight is 395 g/mol. The standard InChI is InChI=1S/C22H30N6O/c1-17-18(2)24-16-25-21(17)26-10-12-27(13-11-26)22(29)23-14-19-8-9-28(15-19)20-6-4-3-5-7-20/h3-7,16,19H,8-15H2,1-2H3,(H,23,29)/t19-/m0/s1. The third kappa shape index (κ3) is 4.44. The first-order chi connectivity index (χ1) is 14.1. The molecule has 0 aliphatic carbocycles. The van der Waals surface area contributed by atoms with E-state index in [0.29, 0.717) is 5.92 Å². The first-order valence-corrected chi connectivity index (χ1v) is 10.5. The molecule has 3 heterocycles. The normalized spacial score (nSPS) is 19.5. The number of aromatic nitrogens is 2. The number of nitrogens with one attached hydrogen (secondary N) is 1. The lowest BCUT2D eigenvalue weighted by Gasteiger charge is -2.36. The number of carbonyl (C=O) groups excluding carboxylic acids is 1. The van der Waals surface area contributed by atoms with Crippen LogP contribution in [-0.2, 0) is 0 Å². The topological polar surface area (TPSA) is 64.6 Å². The maximum atomic E-state index is 12.6. The fourth-order valence-electron chi connectivity index (χ4n) is 4.18. The smallest absolute Gasteiger partial charge is 0.317 e. The van der Waals surface area contributed by atoms with E-state index >= 15 is 0 Å². The second kappa shape index (κ2) is 8.68. The highest BCUT2D eigenvalue weighted by atomic mass is 16.2. The van der Waals surface area contributed by atoms with Crippen molar-refractivity contribution in [2.75, 3.05) is 55.6 Å². The summed E-state index contributed by atoms with van der Waals surface area (Å²) in [5.74, 6) is 1.50. The molecule has 2 saturated heterocycles. The summed E-state index contributed by atoms with van der Waals surface area (Å²) in [5, 5.41) is 3.16. The molecule has 7 heteroatoms. The lowest BCUT2D eigenvalue weighted by Crippen LogP contribution is -2.52. The number of anilines is 2. The summed E-state index contributed by atoms with van der Waals surface area (Å²) in [6.07, 6.45) is 2.74. The zero-order chi connectivity index (χ0) is 20.2. The Labute approximate surface area is 172 Å². The molecule has 2 fully saturated rings. The lowest BCUT2D eigenvalue weighted by atomic mass is 10.1. The van der Waals surface area contributed by atoms with Gasteiger partial charge in [0.1, 0.15) is 12.1 Å². The quantitative estimate of drug-likeness (QED) is 0.863. The average Bonchev–Trinajstić information content (AvgIpc) is 3.24. The van der Waals surface area contributed by atoms with Crippen LogP contribution in [-0.4, -0.2) is 66.7 Å². The van der Waals surface area contributed by atoms with E-state index in [2.05, 4.69) is 56.3 Å². The van der Waals surface area contributed by atoms with E-state index in [1.54, 1.807) is 6.33 Å². The van der Waals surface area contributed by atoms with Crippen LogP contribution >= 0.6 is 0 Å². The predicted octanol–water partition coefficient (Wildman–Crippen LogP) is 2.45. The Kier molecular flexibility index (Phi) is 5.83. The summed E-state index contributed by atoms with van der Waals surface area (Å²) in [4.78, 5) is 27.9. The van der Waals surface area contributed by atoms with Crippen LogP contribution in [0.1, 0.15) is 17.7 Å². The van der Waals surface area contributed by atoms with Crippen LogP contribution in [0.4, 0.5) is 16.3 Å². The number of nitrogens with zero attached hydrogens (tertiary/aromatic N) is 5. The fraction of sp³-hybridized carbons (Fsp3) is 0.500. The second-order valence-corrected chi connectivity index (χ2v) is 8.00. The number of urea groups is 1. The molecule has 7 nitrogen and oxygen atoms in total. The second-order valence-electron chi connectivity index (χ2n) is 8.00. The molecule has 2 aromatic rings. The van der Waals surface area contributed by atoms with Gasteiger partial charge >= 0.3 is 6.03 Å². The Bertz CT molecular complexity index is 834. The highest BCUT2D eigenvalue weighted by molar-refractivity contribution is 5.74. The maximum Gasteiger partial charge on any atom is 0.317 e. The van der Waals surface area contributed by atoms with Gasteiger partial charge in [-0.25, -0.2) is 14.8 Å². The minimum Gasteiger partial charge on any atom is -0.371 e. The summed E-state index contributed by atoms with van der Waals surface area (Å²) in [7, 11) is 0. The Morgan fingerprint density at radius 3 is 2.55 bits per heavy atom. The Balaban J connectivity index is 1.23. The first-order valence-electron chi connectivity index (χ1n) is 10.5. The summed E-state index contributed by atoms with van der Waals surface area (Å²) in [5.41, 5.74) is 3.40. The number of hydrogen-bond donors (Lipinski definition) is 1. The minimum absolute atomic E-state index is 0.0541. The third-order valence-electron chi connectivity index (χ3n) is 6.13. The van der Waals surface area contributed by atoms with E-state index in [1.165, 1.54) is 5.69 Å². The van der Waals surface area contributed by atoms with Crippen LogP contribution in [0.25, 0.3) is 0 Å². The Morgan fingerprint density at radius 1 is 1.03 bits per heavy atom.